The van der Waals surface area contributed by atoms with Crippen LogP contribution in [0.5, 0.6) is 0 Å². The van der Waals surface area contributed by atoms with Crippen molar-refractivity contribution in [2.75, 3.05) is 12.4 Å². The van der Waals surface area contributed by atoms with Gasteiger partial charge >= 0.3 is 5.97 Å². The van der Waals surface area contributed by atoms with Crippen molar-refractivity contribution in [2.45, 2.75) is 42.3 Å². The summed E-state index contributed by atoms with van der Waals surface area (Å²) in [5.74, 6) is 0.448. The average Bonchev–Trinajstić information content (AvgIpc) is 2.60. The molecule has 2 rings (SSSR count). The Kier molecular flexibility index (Phi) is 4.08. The van der Waals surface area contributed by atoms with Crippen LogP contribution >= 0.6 is 24.4 Å². The van der Waals surface area contributed by atoms with Crippen LogP contribution in [0.2, 0.25) is 0 Å². The van der Waals surface area contributed by atoms with Crippen molar-refractivity contribution in [3.05, 3.63) is 0 Å². The molecule has 1 spiro atoms. The summed E-state index contributed by atoms with van der Waals surface area (Å²) in [7, 11) is 0. The van der Waals surface area contributed by atoms with Crippen LogP contribution in [0.4, 0.5) is 0 Å². The Morgan fingerprint density at radius 3 is 3.06 bits per heavy atom. The van der Waals surface area contributed by atoms with Gasteiger partial charge in [0.15, 0.2) is 0 Å². The Balaban J connectivity index is 1.93. The van der Waals surface area contributed by atoms with E-state index >= 15 is 0 Å². The van der Waals surface area contributed by atoms with Gasteiger partial charge in [-0.05, 0) is 31.6 Å². The zero-order chi connectivity index (χ0) is 11.6. The van der Waals surface area contributed by atoms with E-state index in [1.165, 1.54) is 0 Å². The molecule has 2 aliphatic rings. The molecule has 2 fully saturated rings. The van der Waals surface area contributed by atoms with E-state index < -0.39 is 5.97 Å². The number of hydrogen-bond donors (Lipinski definition) is 2. The van der Waals surface area contributed by atoms with Gasteiger partial charge in [0.05, 0.1) is 6.61 Å². The third-order valence-electron chi connectivity index (χ3n) is 3.35. The number of ether oxygens (including phenoxy) is 1. The molecular formula is C11H18O3S2. The molecule has 16 heavy (non-hydrogen) atoms. The summed E-state index contributed by atoms with van der Waals surface area (Å²) < 4.78 is 5.92. The second-order valence-electron chi connectivity index (χ2n) is 4.70. The molecule has 1 saturated heterocycles. The predicted molar refractivity (Wildman–Crippen MR) is 68.1 cm³/mol. The van der Waals surface area contributed by atoms with E-state index in [1.54, 1.807) is 0 Å². The van der Waals surface area contributed by atoms with Gasteiger partial charge in [-0.1, -0.05) is 0 Å². The first-order valence-electron chi connectivity index (χ1n) is 5.78. The lowest BCUT2D eigenvalue weighted by Crippen LogP contribution is -2.32. The fourth-order valence-electron chi connectivity index (χ4n) is 2.67. The van der Waals surface area contributed by atoms with E-state index in [0.29, 0.717) is 5.25 Å². The Bertz CT molecular complexity index is 272. The van der Waals surface area contributed by atoms with E-state index in [9.17, 15) is 4.79 Å². The number of hydrogen-bond acceptors (Lipinski definition) is 4. The van der Waals surface area contributed by atoms with Gasteiger partial charge in [0.2, 0.25) is 0 Å². The lowest BCUT2D eigenvalue weighted by Gasteiger charge is -2.36. The molecule has 3 atom stereocenters. The molecule has 1 N–H and O–H groups in total. The van der Waals surface area contributed by atoms with Gasteiger partial charge in [-0.2, -0.15) is 12.6 Å². The quantitative estimate of drug-likeness (QED) is 0.767. The minimum Gasteiger partial charge on any atom is -0.481 e. The number of thioether (sulfide) groups is 1. The topological polar surface area (TPSA) is 46.5 Å². The maximum Gasteiger partial charge on any atom is 0.303 e. The normalized spacial score (nSPS) is 39.1. The fourth-order valence-corrected chi connectivity index (χ4v) is 4.55. The van der Waals surface area contributed by atoms with Crippen LogP contribution in [0.25, 0.3) is 0 Å². The summed E-state index contributed by atoms with van der Waals surface area (Å²) in [6.07, 6.45) is 4.37. The SMILES string of the molecule is O=C(O)CC1CCCC2(C1)OCC(CS)S2. The maximum absolute atomic E-state index is 10.7. The maximum atomic E-state index is 10.7. The third kappa shape index (κ3) is 2.87. The highest BCUT2D eigenvalue weighted by Gasteiger charge is 2.44. The van der Waals surface area contributed by atoms with Crippen LogP contribution < -0.4 is 0 Å². The first-order valence-corrected chi connectivity index (χ1v) is 7.29. The van der Waals surface area contributed by atoms with E-state index in [1.807, 2.05) is 11.8 Å². The van der Waals surface area contributed by atoms with Crippen molar-refractivity contribution in [2.24, 2.45) is 5.92 Å². The van der Waals surface area contributed by atoms with Crippen molar-refractivity contribution in [3.8, 4) is 0 Å². The Morgan fingerprint density at radius 1 is 1.62 bits per heavy atom. The number of aliphatic carboxylic acids is 1. The van der Waals surface area contributed by atoms with Crippen molar-refractivity contribution in [1.29, 1.82) is 0 Å². The molecule has 5 heteroatoms. The molecule has 1 aliphatic heterocycles. The molecule has 0 amide bonds. The summed E-state index contributed by atoms with van der Waals surface area (Å²) in [5, 5.41) is 9.31. The summed E-state index contributed by atoms with van der Waals surface area (Å²) in [6.45, 7) is 0.772. The second kappa shape index (κ2) is 5.19. The van der Waals surface area contributed by atoms with Crippen molar-refractivity contribution < 1.29 is 14.6 Å². The molecule has 1 aliphatic carbocycles. The highest BCUT2D eigenvalue weighted by molar-refractivity contribution is 8.02. The number of thiol groups is 1. The van der Waals surface area contributed by atoms with Gasteiger partial charge < -0.3 is 9.84 Å². The first kappa shape index (κ1) is 12.6. The van der Waals surface area contributed by atoms with Gasteiger partial charge in [-0.3, -0.25) is 4.79 Å². The smallest absolute Gasteiger partial charge is 0.303 e. The van der Waals surface area contributed by atoms with Gasteiger partial charge in [0, 0.05) is 17.4 Å². The first-order chi connectivity index (χ1) is 7.63. The highest BCUT2D eigenvalue weighted by atomic mass is 32.2. The third-order valence-corrected chi connectivity index (χ3v) is 5.59. The average molecular weight is 262 g/mol. The van der Waals surface area contributed by atoms with E-state index in [0.717, 1.165) is 38.0 Å². The number of carbonyl (C=O) groups is 1. The molecule has 0 aromatic carbocycles. The monoisotopic (exact) mass is 262 g/mol. The Labute approximate surface area is 106 Å². The molecule has 0 aromatic rings. The number of rotatable bonds is 3. The zero-order valence-corrected chi connectivity index (χ0v) is 10.9. The predicted octanol–water partition coefficient (Wildman–Crippen LogP) is 2.41. The molecule has 0 aromatic heterocycles. The summed E-state index contributed by atoms with van der Waals surface area (Å²) in [5.41, 5.74) is 0. The fraction of sp³-hybridized carbons (Fsp3) is 0.909. The molecule has 3 unspecified atom stereocenters. The van der Waals surface area contributed by atoms with E-state index in [2.05, 4.69) is 12.6 Å². The standard InChI is InChI=1S/C11H18O3S2/c12-10(13)4-8-2-1-3-11(5-8)14-6-9(7-15)16-11/h8-9,15H,1-7H2,(H,12,13). The van der Waals surface area contributed by atoms with Crippen LogP contribution in [0, 0.1) is 5.92 Å². The molecular weight excluding hydrogens is 244 g/mol. The summed E-state index contributed by atoms with van der Waals surface area (Å²) in [6, 6.07) is 0. The minimum atomic E-state index is -0.684. The molecule has 92 valence electrons. The van der Waals surface area contributed by atoms with E-state index in [-0.39, 0.29) is 17.3 Å². The van der Waals surface area contributed by atoms with Crippen LogP contribution in [0.3, 0.4) is 0 Å². The van der Waals surface area contributed by atoms with Crippen LogP contribution in [-0.4, -0.2) is 33.6 Å². The minimum absolute atomic E-state index is 0.0915. The van der Waals surface area contributed by atoms with Crippen LogP contribution in [-0.2, 0) is 9.53 Å². The van der Waals surface area contributed by atoms with Crippen molar-refractivity contribution >= 4 is 30.4 Å². The lowest BCUT2D eigenvalue weighted by molar-refractivity contribution is -0.138. The van der Waals surface area contributed by atoms with Gasteiger partial charge in [0.25, 0.3) is 0 Å². The lowest BCUT2D eigenvalue weighted by atomic mass is 9.84. The Hall–Kier alpha value is 0.130. The molecule has 0 bridgehead atoms. The highest BCUT2D eigenvalue weighted by Crippen LogP contribution is 2.50. The van der Waals surface area contributed by atoms with Crippen LogP contribution in [0.1, 0.15) is 32.1 Å². The van der Waals surface area contributed by atoms with Crippen LogP contribution in [0.15, 0.2) is 0 Å². The van der Waals surface area contributed by atoms with E-state index in [4.69, 9.17) is 9.84 Å². The molecule has 3 nitrogen and oxygen atoms in total. The Morgan fingerprint density at radius 2 is 2.44 bits per heavy atom. The molecule has 1 saturated carbocycles. The van der Waals surface area contributed by atoms with Gasteiger partial charge in [-0.15, -0.1) is 11.8 Å². The van der Waals surface area contributed by atoms with Crippen molar-refractivity contribution in [1.82, 2.24) is 0 Å². The van der Waals surface area contributed by atoms with Gasteiger partial charge in [0.1, 0.15) is 4.93 Å². The molecule has 0 radical (unpaired) electrons. The largest absolute Gasteiger partial charge is 0.481 e. The summed E-state index contributed by atoms with van der Waals surface area (Å²) in [4.78, 5) is 10.6. The molecule has 1 heterocycles. The number of carboxylic acids is 1. The second-order valence-corrected chi connectivity index (χ2v) is 6.72. The number of carboxylic acid groups (broad SMARTS) is 1. The van der Waals surface area contributed by atoms with Crippen molar-refractivity contribution in [3.63, 3.8) is 0 Å². The zero-order valence-electron chi connectivity index (χ0n) is 9.22. The van der Waals surface area contributed by atoms with Gasteiger partial charge in [-0.25, -0.2) is 0 Å². The summed E-state index contributed by atoms with van der Waals surface area (Å²) >= 11 is 6.17.